The van der Waals surface area contributed by atoms with Gasteiger partial charge < -0.3 is 4.74 Å². The molecule has 3 rings (SSSR count). The Labute approximate surface area is 139 Å². The van der Waals surface area contributed by atoms with E-state index in [1.54, 1.807) is 36.4 Å². The Kier molecular flexibility index (Phi) is 4.42. The SMILES string of the molecule is Cc1ccc(OC/C(=C/F)CN2C(=O)c3ccccc3C2=O)cc1. The molecule has 0 aromatic heterocycles. The van der Waals surface area contributed by atoms with Gasteiger partial charge in [0.25, 0.3) is 11.8 Å². The summed E-state index contributed by atoms with van der Waals surface area (Å²) in [7, 11) is 0. The molecular weight excluding hydrogens is 309 g/mol. The van der Waals surface area contributed by atoms with Crippen LogP contribution in [0.3, 0.4) is 0 Å². The third kappa shape index (κ3) is 3.06. The van der Waals surface area contributed by atoms with Crippen molar-refractivity contribution in [1.82, 2.24) is 4.90 Å². The number of hydrogen-bond acceptors (Lipinski definition) is 3. The molecule has 2 aromatic carbocycles. The molecule has 0 spiro atoms. The minimum absolute atomic E-state index is 0.0348. The highest BCUT2D eigenvalue weighted by atomic mass is 19.1. The molecule has 0 saturated heterocycles. The number of halogens is 1. The summed E-state index contributed by atoms with van der Waals surface area (Å²) in [5, 5.41) is 0. The van der Waals surface area contributed by atoms with E-state index in [4.69, 9.17) is 4.74 Å². The Morgan fingerprint density at radius 3 is 2.17 bits per heavy atom. The number of fused-ring (bicyclic) bond motifs is 1. The second-order valence-corrected chi connectivity index (χ2v) is 5.61. The maximum absolute atomic E-state index is 13.2. The van der Waals surface area contributed by atoms with Gasteiger partial charge in [-0.3, -0.25) is 14.5 Å². The van der Waals surface area contributed by atoms with Crippen molar-refractivity contribution >= 4 is 11.8 Å². The summed E-state index contributed by atoms with van der Waals surface area (Å²) < 4.78 is 18.7. The highest BCUT2D eigenvalue weighted by molar-refractivity contribution is 6.21. The Morgan fingerprint density at radius 2 is 1.62 bits per heavy atom. The second kappa shape index (κ2) is 6.66. The van der Waals surface area contributed by atoms with E-state index in [1.807, 2.05) is 19.1 Å². The smallest absolute Gasteiger partial charge is 0.261 e. The number of hydrogen-bond donors (Lipinski definition) is 0. The van der Waals surface area contributed by atoms with Crippen LogP contribution in [0, 0.1) is 6.92 Å². The molecule has 0 aliphatic carbocycles. The Hall–Kier alpha value is -2.95. The van der Waals surface area contributed by atoms with Crippen LogP contribution in [0.4, 0.5) is 4.39 Å². The first-order valence-corrected chi connectivity index (χ1v) is 7.53. The van der Waals surface area contributed by atoms with Crippen molar-refractivity contribution in [2.24, 2.45) is 0 Å². The zero-order valence-electron chi connectivity index (χ0n) is 13.2. The molecule has 1 aliphatic heterocycles. The van der Waals surface area contributed by atoms with Gasteiger partial charge in [-0.2, -0.15) is 0 Å². The summed E-state index contributed by atoms with van der Waals surface area (Å²) in [4.78, 5) is 25.6. The summed E-state index contributed by atoms with van der Waals surface area (Å²) in [6.45, 7) is 1.79. The van der Waals surface area contributed by atoms with Crippen LogP contribution < -0.4 is 4.74 Å². The molecule has 2 amide bonds. The highest BCUT2D eigenvalue weighted by Crippen LogP contribution is 2.23. The van der Waals surface area contributed by atoms with Gasteiger partial charge in [0.2, 0.25) is 0 Å². The van der Waals surface area contributed by atoms with Gasteiger partial charge in [-0.15, -0.1) is 0 Å². The van der Waals surface area contributed by atoms with Crippen LogP contribution >= 0.6 is 0 Å². The van der Waals surface area contributed by atoms with Gasteiger partial charge in [0.1, 0.15) is 12.4 Å². The average Bonchev–Trinajstić information content (AvgIpc) is 2.85. The normalized spacial score (nSPS) is 14.1. The predicted octanol–water partition coefficient (Wildman–Crippen LogP) is 3.52. The molecule has 24 heavy (non-hydrogen) atoms. The van der Waals surface area contributed by atoms with Crippen molar-refractivity contribution in [3.63, 3.8) is 0 Å². The van der Waals surface area contributed by atoms with Crippen LogP contribution in [0.2, 0.25) is 0 Å². The van der Waals surface area contributed by atoms with Crippen molar-refractivity contribution in [3.05, 3.63) is 77.1 Å². The zero-order valence-corrected chi connectivity index (χ0v) is 13.2. The predicted molar refractivity (Wildman–Crippen MR) is 87.7 cm³/mol. The lowest BCUT2D eigenvalue weighted by Gasteiger charge is -2.16. The second-order valence-electron chi connectivity index (χ2n) is 5.61. The third-order valence-corrected chi connectivity index (χ3v) is 3.84. The maximum atomic E-state index is 13.2. The number of nitrogens with zero attached hydrogens (tertiary/aromatic N) is 1. The number of carbonyl (C=O) groups is 2. The van der Waals surface area contributed by atoms with E-state index in [0.717, 1.165) is 10.5 Å². The minimum Gasteiger partial charge on any atom is -0.489 e. The van der Waals surface area contributed by atoms with Gasteiger partial charge in [0.05, 0.1) is 24.0 Å². The number of amides is 2. The molecule has 0 N–H and O–H groups in total. The van der Waals surface area contributed by atoms with Gasteiger partial charge >= 0.3 is 0 Å². The number of benzene rings is 2. The third-order valence-electron chi connectivity index (χ3n) is 3.84. The first-order chi connectivity index (χ1) is 11.6. The van der Waals surface area contributed by atoms with Crippen molar-refractivity contribution in [3.8, 4) is 5.75 Å². The lowest BCUT2D eigenvalue weighted by Crippen LogP contribution is -2.32. The van der Waals surface area contributed by atoms with Gasteiger partial charge in [-0.1, -0.05) is 29.8 Å². The molecule has 0 saturated carbocycles. The first kappa shape index (κ1) is 15.9. The Bertz CT molecular complexity index is 777. The fraction of sp³-hybridized carbons (Fsp3) is 0.158. The molecule has 1 aliphatic rings. The van der Waals surface area contributed by atoms with E-state index in [9.17, 15) is 14.0 Å². The molecule has 5 heteroatoms. The molecular formula is C19H16FNO3. The van der Waals surface area contributed by atoms with Crippen molar-refractivity contribution in [2.75, 3.05) is 13.2 Å². The van der Waals surface area contributed by atoms with Crippen LogP contribution in [0.1, 0.15) is 26.3 Å². The summed E-state index contributed by atoms with van der Waals surface area (Å²) in [5.41, 5.74) is 2.00. The van der Waals surface area contributed by atoms with Crippen molar-refractivity contribution < 1.29 is 18.7 Å². The quantitative estimate of drug-likeness (QED) is 0.790. The van der Waals surface area contributed by atoms with Crippen molar-refractivity contribution in [1.29, 1.82) is 0 Å². The molecule has 2 aromatic rings. The van der Waals surface area contributed by atoms with Gasteiger partial charge in [0, 0.05) is 5.57 Å². The number of carbonyl (C=O) groups excluding carboxylic acids is 2. The van der Waals surface area contributed by atoms with Crippen LogP contribution in [-0.2, 0) is 0 Å². The number of ether oxygens (including phenoxy) is 1. The zero-order chi connectivity index (χ0) is 17.1. The molecule has 1 heterocycles. The van der Waals surface area contributed by atoms with Gasteiger partial charge in [-0.05, 0) is 31.2 Å². The summed E-state index contributed by atoms with van der Waals surface area (Å²) in [6.07, 6.45) is 0.387. The largest absolute Gasteiger partial charge is 0.489 e. The number of imide groups is 1. The van der Waals surface area contributed by atoms with Gasteiger partial charge in [0.15, 0.2) is 0 Å². The monoisotopic (exact) mass is 325 g/mol. The van der Waals surface area contributed by atoms with E-state index in [1.165, 1.54) is 0 Å². The van der Waals surface area contributed by atoms with Crippen molar-refractivity contribution in [2.45, 2.75) is 6.92 Å². The first-order valence-electron chi connectivity index (χ1n) is 7.53. The maximum Gasteiger partial charge on any atom is 0.261 e. The van der Waals surface area contributed by atoms with E-state index < -0.39 is 11.8 Å². The van der Waals surface area contributed by atoms with Crippen LogP contribution in [0.15, 0.2) is 60.4 Å². The lowest BCUT2D eigenvalue weighted by atomic mass is 10.1. The Balaban J connectivity index is 1.67. The fourth-order valence-electron chi connectivity index (χ4n) is 2.51. The van der Waals surface area contributed by atoms with Crippen LogP contribution in [0.25, 0.3) is 0 Å². The minimum atomic E-state index is -0.412. The highest BCUT2D eigenvalue weighted by Gasteiger charge is 2.35. The van der Waals surface area contributed by atoms with E-state index in [0.29, 0.717) is 23.2 Å². The Morgan fingerprint density at radius 1 is 1.04 bits per heavy atom. The van der Waals surface area contributed by atoms with Gasteiger partial charge in [-0.25, -0.2) is 4.39 Å². The number of rotatable bonds is 5. The number of aryl methyl sites for hydroxylation is 1. The molecule has 0 bridgehead atoms. The summed E-state index contributed by atoms with van der Waals surface area (Å²) >= 11 is 0. The molecule has 0 atom stereocenters. The molecule has 0 unspecified atom stereocenters. The van der Waals surface area contributed by atoms with E-state index >= 15 is 0 Å². The molecule has 0 radical (unpaired) electrons. The van der Waals surface area contributed by atoms with E-state index in [-0.39, 0.29) is 18.7 Å². The van der Waals surface area contributed by atoms with Crippen LogP contribution in [0.5, 0.6) is 5.75 Å². The summed E-state index contributed by atoms with van der Waals surface area (Å²) in [6, 6.07) is 13.9. The van der Waals surface area contributed by atoms with E-state index in [2.05, 4.69) is 0 Å². The standard InChI is InChI=1S/C19H16FNO3/c1-13-6-8-15(9-7-13)24-12-14(10-20)11-21-18(22)16-4-2-3-5-17(16)19(21)23/h2-10H,11-12H2,1H3/b14-10+. The average molecular weight is 325 g/mol. The summed E-state index contributed by atoms with van der Waals surface area (Å²) in [5.74, 6) is -0.224. The molecule has 4 nitrogen and oxygen atoms in total. The van der Waals surface area contributed by atoms with Crippen LogP contribution in [-0.4, -0.2) is 29.9 Å². The molecule has 122 valence electrons. The fourth-order valence-corrected chi connectivity index (χ4v) is 2.51. The lowest BCUT2D eigenvalue weighted by molar-refractivity contribution is 0.0665. The molecule has 0 fully saturated rings. The topological polar surface area (TPSA) is 46.6 Å².